The van der Waals surface area contributed by atoms with Gasteiger partial charge in [-0.1, -0.05) is 105 Å². The van der Waals surface area contributed by atoms with Gasteiger partial charge in [0, 0.05) is 18.2 Å². The Kier molecular flexibility index (Phi) is 14.3. The van der Waals surface area contributed by atoms with Crippen LogP contribution in [-0.4, -0.2) is 6.54 Å². The molecule has 210 valence electrons. The number of aryl methyl sites for hydroxylation is 1. The molecule has 0 aliphatic rings. The maximum atomic E-state index is 4.53. The third-order valence-electron chi connectivity index (χ3n) is 7.26. The Morgan fingerprint density at radius 1 is 0.897 bits per heavy atom. The van der Waals surface area contributed by atoms with Crippen molar-refractivity contribution < 1.29 is 0 Å². The number of rotatable bonds is 17. The zero-order valence-electron chi connectivity index (χ0n) is 26.0. The van der Waals surface area contributed by atoms with E-state index in [-0.39, 0.29) is 5.92 Å². The predicted octanol–water partition coefficient (Wildman–Crippen LogP) is 11.2. The summed E-state index contributed by atoms with van der Waals surface area (Å²) >= 11 is 0. The van der Waals surface area contributed by atoms with Gasteiger partial charge in [0.25, 0.3) is 0 Å². The molecule has 0 bridgehead atoms. The Morgan fingerprint density at radius 3 is 2.05 bits per heavy atom. The van der Waals surface area contributed by atoms with Gasteiger partial charge in [0.2, 0.25) is 0 Å². The Morgan fingerprint density at radius 2 is 1.54 bits per heavy atom. The lowest BCUT2D eigenvalue weighted by Gasteiger charge is -2.25. The minimum atomic E-state index is 0.141. The molecule has 0 fully saturated rings. The molecule has 39 heavy (non-hydrogen) atoms. The average Bonchev–Trinajstić information content (AvgIpc) is 2.87. The molecular weight excluding hydrogens is 470 g/mol. The summed E-state index contributed by atoms with van der Waals surface area (Å²) in [5, 5.41) is 3.46. The zero-order valence-corrected chi connectivity index (χ0v) is 26.0. The number of nitrogens with one attached hydrogen (secondary N) is 1. The molecule has 0 aliphatic carbocycles. The van der Waals surface area contributed by atoms with Crippen LogP contribution >= 0.6 is 0 Å². The minimum absolute atomic E-state index is 0.141. The highest BCUT2D eigenvalue weighted by molar-refractivity contribution is 5.64. The average molecular weight is 524 g/mol. The van der Waals surface area contributed by atoms with E-state index in [0.29, 0.717) is 6.54 Å². The molecule has 1 N–H and O–H groups in total. The van der Waals surface area contributed by atoms with Crippen LogP contribution in [-0.2, 0) is 0 Å². The molecule has 1 aromatic carbocycles. The van der Waals surface area contributed by atoms with E-state index in [1.165, 1.54) is 39.0 Å². The third-order valence-corrected chi connectivity index (χ3v) is 7.26. The van der Waals surface area contributed by atoms with Gasteiger partial charge in [-0.2, -0.15) is 0 Å². The minimum Gasteiger partial charge on any atom is -0.385 e. The molecule has 1 rings (SSSR count). The highest BCUT2D eigenvalue weighted by Gasteiger charge is 2.20. The summed E-state index contributed by atoms with van der Waals surface area (Å²) in [6.45, 7) is 41.5. The SMILES string of the molecule is C=C(C)CCC(=C)NCC(=C)CC(C(=C)C)C(/C=C(\C)C(=C)/C(=C\c1ccccc1C)CC)=C(\CC)C(=C)C. The smallest absolute Gasteiger partial charge is 0.0354 e. The molecule has 0 spiro atoms. The van der Waals surface area contributed by atoms with Crippen molar-refractivity contribution in [2.75, 3.05) is 6.54 Å². The first-order valence-electron chi connectivity index (χ1n) is 14.2. The summed E-state index contributed by atoms with van der Waals surface area (Å²) in [4.78, 5) is 0. The number of hydrogen-bond donors (Lipinski definition) is 1. The molecule has 0 heterocycles. The van der Waals surface area contributed by atoms with Crippen LogP contribution < -0.4 is 5.32 Å². The molecule has 0 amide bonds. The zero-order chi connectivity index (χ0) is 29.7. The standard InChI is InChI=1S/C38H53N/c1-14-34(24-35-19-17-16-18-30(35)10)33(13)31(11)23-38(36(15-2)27(5)6)37(28(7)8)22-29(9)25-39-32(12)21-20-26(3)4/h16-19,23-24,37,39H,3,5,7,9,12-15,20-22,25H2,1-2,4,6,8,10-11H3/b31-23+,34-24-,38-36+. The van der Waals surface area contributed by atoms with Crippen molar-refractivity contribution >= 4 is 6.08 Å². The molecule has 1 aromatic rings. The number of hydrogen-bond acceptors (Lipinski definition) is 1. The topological polar surface area (TPSA) is 12.0 Å². The van der Waals surface area contributed by atoms with Crippen LogP contribution in [0.25, 0.3) is 6.08 Å². The van der Waals surface area contributed by atoms with Gasteiger partial charge in [0.1, 0.15) is 0 Å². The van der Waals surface area contributed by atoms with Crippen molar-refractivity contribution in [1.82, 2.24) is 5.32 Å². The molecule has 1 unspecified atom stereocenters. The monoisotopic (exact) mass is 523 g/mol. The Bertz CT molecular complexity index is 1190. The van der Waals surface area contributed by atoms with Gasteiger partial charge in [-0.3, -0.25) is 0 Å². The largest absolute Gasteiger partial charge is 0.385 e. The Hall–Kier alpha value is -3.32. The quantitative estimate of drug-likeness (QED) is 0.158. The van der Waals surface area contributed by atoms with Gasteiger partial charge in [0.15, 0.2) is 0 Å². The van der Waals surface area contributed by atoms with Crippen molar-refractivity contribution in [3.05, 3.63) is 137 Å². The van der Waals surface area contributed by atoms with Gasteiger partial charge in [-0.15, -0.1) is 6.58 Å². The van der Waals surface area contributed by atoms with Gasteiger partial charge >= 0.3 is 0 Å². The summed E-state index contributed by atoms with van der Waals surface area (Å²) in [5.41, 5.74) is 14.1. The van der Waals surface area contributed by atoms with Crippen LogP contribution in [0.5, 0.6) is 0 Å². The fourth-order valence-corrected chi connectivity index (χ4v) is 4.68. The van der Waals surface area contributed by atoms with E-state index < -0.39 is 0 Å². The molecule has 0 aromatic heterocycles. The predicted molar refractivity (Wildman–Crippen MR) is 178 cm³/mol. The van der Waals surface area contributed by atoms with E-state index in [1.807, 2.05) is 0 Å². The van der Waals surface area contributed by atoms with Crippen LogP contribution in [0, 0.1) is 12.8 Å². The van der Waals surface area contributed by atoms with Crippen LogP contribution in [0.2, 0.25) is 0 Å². The van der Waals surface area contributed by atoms with E-state index in [2.05, 4.69) is 130 Å². The first-order valence-corrected chi connectivity index (χ1v) is 14.2. The van der Waals surface area contributed by atoms with Crippen LogP contribution in [0.3, 0.4) is 0 Å². The maximum absolute atomic E-state index is 4.53. The van der Waals surface area contributed by atoms with E-state index >= 15 is 0 Å². The van der Waals surface area contributed by atoms with Crippen LogP contribution in [0.4, 0.5) is 0 Å². The second kappa shape index (κ2) is 16.6. The molecule has 0 radical (unpaired) electrons. The fourth-order valence-electron chi connectivity index (χ4n) is 4.68. The second-order valence-electron chi connectivity index (χ2n) is 11.0. The van der Waals surface area contributed by atoms with Crippen molar-refractivity contribution in [2.24, 2.45) is 5.92 Å². The van der Waals surface area contributed by atoms with Crippen LogP contribution in [0.1, 0.15) is 84.8 Å². The summed E-state index contributed by atoms with van der Waals surface area (Å²) in [7, 11) is 0. The Labute approximate surface area is 240 Å². The molecule has 0 saturated carbocycles. The highest BCUT2D eigenvalue weighted by Crippen LogP contribution is 2.35. The first kappa shape index (κ1) is 33.7. The molecule has 0 aliphatic heterocycles. The van der Waals surface area contributed by atoms with E-state index in [4.69, 9.17) is 0 Å². The van der Waals surface area contributed by atoms with Crippen molar-refractivity contribution in [3.63, 3.8) is 0 Å². The molecule has 1 atom stereocenters. The number of benzene rings is 1. The normalized spacial score (nSPS) is 13.3. The van der Waals surface area contributed by atoms with E-state index in [9.17, 15) is 0 Å². The highest BCUT2D eigenvalue weighted by atomic mass is 14.9. The number of allylic oxidation sites excluding steroid dienone is 10. The third kappa shape index (κ3) is 11.1. The van der Waals surface area contributed by atoms with Crippen molar-refractivity contribution in [1.29, 1.82) is 0 Å². The molecular formula is C38H53N. The lowest BCUT2D eigenvalue weighted by molar-refractivity contribution is 0.676. The lowest BCUT2D eigenvalue weighted by atomic mass is 9.80. The second-order valence-corrected chi connectivity index (χ2v) is 11.0. The summed E-state index contributed by atoms with van der Waals surface area (Å²) in [6.07, 6.45) is 9.09. The summed E-state index contributed by atoms with van der Waals surface area (Å²) in [5.74, 6) is 0.141. The summed E-state index contributed by atoms with van der Waals surface area (Å²) < 4.78 is 0. The fraction of sp³-hybridized carbons (Fsp3) is 0.368. The van der Waals surface area contributed by atoms with E-state index in [1.54, 1.807) is 0 Å². The van der Waals surface area contributed by atoms with Crippen LogP contribution in [0.15, 0.2) is 126 Å². The lowest BCUT2D eigenvalue weighted by Crippen LogP contribution is -2.18. The van der Waals surface area contributed by atoms with Crippen molar-refractivity contribution in [2.45, 2.75) is 80.6 Å². The van der Waals surface area contributed by atoms with Gasteiger partial charge < -0.3 is 5.32 Å². The Balaban J connectivity index is 3.37. The molecule has 1 nitrogen and oxygen atoms in total. The van der Waals surface area contributed by atoms with E-state index in [0.717, 1.165) is 60.1 Å². The maximum Gasteiger partial charge on any atom is 0.0354 e. The molecule has 0 saturated heterocycles. The van der Waals surface area contributed by atoms with Gasteiger partial charge in [-0.05, 0) is 106 Å². The molecule has 1 heteroatoms. The van der Waals surface area contributed by atoms with Crippen molar-refractivity contribution in [3.8, 4) is 0 Å². The van der Waals surface area contributed by atoms with Gasteiger partial charge in [0.05, 0.1) is 0 Å². The van der Waals surface area contributed by atoms with Gasteiger partial charge in [-0.25, -0.2) is 0 Å². The summed E-state index contributed by atoms with van der Waals surface area (Å²) in [6, 6.07) is 8.50. The first-order chi connectivity index (χ1) is 18.3.